The highest BCUT2D eigenvalue weighted by Crippen LogP contribution is 2.46. The second kappa shape index (κ2) is 7.63. The largest absolute Gasteiger partial charge is 0.347 e. The molecule has 0 fully saturated rings. The molecule has 32 heavy (non-hydrogen) atoms. The highest BCUT2D eigenvalue weighted by atomic mass is 79.9. The number of hydrogen-bond acceptors (Lipinski definition) is 1. The summed E-state index contributed by atoms with van der Waals surface area (Å²) in [7, 11) is 4.31. The van der Waals surface area contributed by atoms with Crippen molar-refractivity contribution in [2.24, 2.45) is 7.05 Å². The molecule has 5 rings (SSSR count). The van der Waals surface area contributed by atoms with Gasteiger partial charge in [-0.25, -0.2) is 0 Å². The number of aryl methyl sites for hydroxylation is 2. The van der Waals surface area contributed by atoms with Crippen molar-refractivity contribution in [2.45, 2.75) is 32.7 Å². The summed E-state index contributed by atoms with van der Waals surface area (Å²) in [6.07, 6.45) is 6.71. The lowest BCUT2D eigenvalue weighted by atomic mass is 9.84. The van der Waals surface area contributed by atoms with E-state index >= 15 is 0 Å². The van der Waals surface area contributed by atoms with Crippen LogP contribution >= 0.6 is 15.9 Å². The van der Waals surface area contributed by atoms with Crippen molar-refractivity contribution < 1.29 is 4.57 Å². The van der Waals surface area contributed by atoms with Gasteiger partial charge in [0.25, 0.3) is 0 Å². The molecule has 4 heteroatoms. The number of rotatable bonds is 3. The Hall–Kier alpha value is -2.85. The van der Waals surface area contributed by atoms with E-state index in [-0.39, 0.29) is 5.41 Å². The molecule has 0 bridgehead atoms. The fraction of sp³-hybridized carbons (Fsp3) is 0.250. The topological polar surface area (TPSA) is 12.1 Å². The number of likely N-dealkylation sites (N-methyl/N-ethyl adjacent to an activating group) is 1. The minimum Gasteiger partial charge on any atom is -0.347 e. The average Bonchev–Trinajstić information content (AvgIpc) is 3.17. The second-order valence-electron chi connectivity index (χ2n) is 9.07. The third-order valence-corrected chi connectivity index (χ3v) is 7.44. The molecule has 0 radical (unpaired) electrons. The van der Waals surface area contributed by atoms with Crippen LogP contribution < -0.4 is 9.47 Å². The lowest BCUT2D eigenvalue weighted by molar-refractivity contribution is -0.668. The van der Waals surface area contributed by atoms with Crippen molar-refractivity contribution in [3.05, 3.63) is 88.2 Å². The zero-order chi connectivity index (χ0) is 22.6. The maximum atomic E-state index is 3.66. The Labute approximate surface area is 198 Å². The van der Waals surface area contributed by atoms with Gasteiger partial charge in [-0.15, -0.1) is 0 Å². The third-order valence-electron chi connectivity index (χ3n) is 6.95. The fourth-order valence-electron chi connectivity index (χ4n) is 5.30. The lowest BCUT2D eigenvalue weighted by Crippen LogP contribution is -2.36. The molecule has 3 nitrogen and oxygen atoms in total. The van der Waals surface area contributed by atoms with Gasteiger partial charge in [-0.1, -0.05) is 54.1 Å². The van der Waals surface area contributed by atoms with E-state index < -0.39 is 0 Å². The highest BCUT2D eigenvalue weighted by molar-refractivity contribution is 9.10. The predicted octanol–water partition coefficient (Wildman–Crippen LogP) is 6.73. The molecule has 2 aromatic heterocycles. The van der Waals surface area contributed by atoms with Crippen molar-refractivity contribution in [3.63, 3.8) is 0 Å². The van der Waals surface area contributed by atoms with E-state index in [1.807, 2.05) is 0 Å². The van der Waals surface area contributed by atoms with E-state index in [4.69, 9.17) is 0 Å². The molecule has 0 spiro atoms. The summed E-state index contributed by atoms with van der Waals surface area (Å²) in [5.41, 5.74) is 8.98. The molecule has 0 saturated carbocycles. The molecular formula is C28H29BrN3+. The van der Waals surface area contributed by atoms with Crippen LogP contribution in [0.3, 0.4) is 0 Å². The van der Waals surface area contributed by atoms with Crippen molar-refractivity contribution in [3.8, 4) is 0 Å². The smallest absolute Gasteiger partial charge is 0.239 e. The van der Waals surface area contributed by atoms with E-state index in [0.29, 0.717) is 0 Å². The van der Waals surface area contributed by atoms with Crippen LogP contribution in [0.1, 0.15) is 32.0 Å². The van der Waals surface area contributed by atoms with E-state index in [1.165, 1.54) is 44.6 Å². The van der Waals surface area contributed by atoms with Gasteiger partial charge in [0.2, 0.25) is 11.2 Å². The Morgan fingerprint density at radius 3 is 2.50 bits per heavy atom. The van der Waals surface area contributed by atoms with Gasteiger partial charge in [0.05, 0.1) is 10.9 Å². The van der Waals surface area contributed by atoms with Crippen LogP contribution in [0.4, 0.5) is 5.69 Å². The summed E-state index contributed by atoms with van der Waals surface area (Å²) >= 11 is 3.66. The summed E-state index contributed by atoms with van der Waals surface area (Å²) < 4.78 is 5.81. The second-order valence-corrected chi connectivity index (χ2v) is 9.98. The maximum Gasteiger partial charge on any atom is 0.239 e. The number of hydrogen-bond donors (Lipinski definition) is 0. The zero-order valence-electron chi connectivity index (χ0n) is 19.4. The molecule has 0 aliphatic carbocycles. The van der Waals surface area contributed by atoms with Crippen LogP contribution in [-0.2, 0) is 19.0 Å². The van der Waals surface area contributed by atoms with E-state index in [0.717, 1.165) is 11.0 Å². The van der Waals surface area contributed by atoms with Crippen LogP contribution in [-0.4, -0.2) is 11.6 Å². The molecule has 3 heterocycles. The molecule has 0 unspecified atom stereocenters. The predicted molar refractivity (Wildman–Crippen MR) is 139 cm³/mol. The Morgan fingerprint density at radius 1 is 1.00 bits per heavy atom. The van der Waals surface area contributed by atoms with Gasteiger partial charge in [-0.2, -0.15) is 4.57 Å². The van der Waals surface area contributed by atoms with Gasteiger partial charge in [-0.05, 0) is 48.9 Å². The number of para-hydroxylation sites is 1. The first-order valence-corrected chi connectivity index (χ1v) is 12.0. The summed E-state index contributed by atoms with van der Waals surface area (Å²) in [6.45, 7) is 7.75. The van der Waals surface area contributed by atoms with Crippen LogP contribution in [0.5, 0.6) is 0 Å². The third kappa shape index (κ3) is 3.04. The number of aromatic nitrogens is 2. The summed E-state index contributed by atoms with van der Waals surface area (Å²) in [4.78, 5) is 2.32. The number of benzene rings is 2. The minimum atomic E-state index is -0.0116. The molecule has 4 aromatic rings. The normalized spacial score (nSPS) is 16.7. The first-order chi connectivity index (χ1) is 15.3. The molecule has 1 aliphatic heterocycles. The monoisotopic (exact) mass is 486 g/mol. The Bertz CT molecular complexity index is 1420. The van der Waals surface area contributed by atoms with Crippen molar-refractivity contribution >= 4 is 49.6 Å². The molecule has 0 N–H and O–H groups in total. The number of nitrogens with zero attached hydrogens (tertiary/aromatic N) is 3. The number of allylic oxidation sites excluding steroid dienone is 3. The maximum absolute atomic E-state index is 3.66. The van der Waals surface area contributed by atoms with Gasteiger partial charge in [0, 0.05) is 47.5 Å². The van der Waals surface area contributed by atoms with Crippen LogP contribution in [0.15, 0.2) is 76.9 Å². The summed E-state index contributed by atoms with van der Waals surface area (Å²) in [5, 5.41) is 1.28. The summed E-state index contributed by atoms with van der Waals surface area (Å²) in [6, 6.07) is 19.7. The lowest BCUT2D eigenvalue weighted by Gasteiger charge is -2.23. The Kier molecular flexibility index (Phi) is 5.01. The van der Waals surface area contributed by atoms with Gasteiger partial charge >= 0.3 is 0 Å². The molecule has 1 aliphatic rings. The molecule has 0 saturated heterocycles. The van der Waals surface area contributed by atoms with E-state index in [9.17, 15) is 0 Å². The Balaban J connectivity index is 1.61. The van der Waals surface area contributed by atoms with Crippen LogP contribution in [0, 0.1) is 0 Å². The molecule has 0 atom stereocenters. The van der Waals surface area contributed by atoms with Gasteiger partial charge in [0.1, 0.15) is 12.1 Å². The van der Waals surface area contributed by atoms with Crippen molar-refractivity contribution in [1.29, 1.82) is 0 Å². The number of halogens is 1. The fourth-order valence-corrected chi connectivity index (χ4v) is 5.66. The Morgan fingerprint density at radius 2 is 1.75 bits per heavy atom. The van der Waals surface area contributed by atoms with Crippen LogP contribution in [0.2, 0.25) is 0 Å². The minimum absolute atomic E-state index is 0.0116. The molecule has 162 valence electrons. The molecule has 2 aromatic carbocycles. The SMILES string of the molecule is CC[n+]1c(/C=C/C=C2\N(C)c3ccccc3C2(C)C)ccc2c1c1cc(Br)ccc1n2C. The number of fused-ring (bicyclic) bond motifs is 4. The highest BCUT2D eigenvalue weighted by Gasteiger charge is 2.37. The number of pyridine rings is 1. The zero-order valence-corrected chi connectivity index (χ0v) is 20.9. The average molecular weight is 487 g/mol. The quantitative estimate of drug-likeness (QED) is 0.292. The van der Waals surface area contributed by atoms with Gasteiger partial charge in [-0.3, -0.25) is 0 Å². The summed E-state index contributed by atoms with van der Waals surface area (Å²) in [5.74, 6) is 0. The van der Waals surface area contributed by atoms with Crippen LogP contribution in [0.25, 0.3) is 28.0 Å². The van der Waals surface area contributed by atoms with Crippen molar-refractivity contribution in [2.75, 3.05) is 11.9 Å². The first kappa shape index (κ1) is 21.0. The van der Waals surface area contributed by atoms with Gasteiger partial charge < -0.3 is 9.47 Å². The standard InChI is InChI=1S/C28H29BrN3/c1-6-32-20(15-17-25-27(32)21-18-19(29)14-16-23(21)30(25)4)10-9-13-26-28(2,3)22-11-7-8-12-24(22)31(26)5/h7-18H,6H2,1-5H3/q+1. The first-order valence-electron chi connectivity index (χ1n) is 11.2. The molecule has 0 amide bonds. The van der Waals surface area contributed by atoms with Crippen molar-refractivity contribution in [1.82, 2.24) is 4.57 Å². The van der Waals surface area contributed by atoms with Gasteiger partial charge in [0.15, 0.2) is 0 Å². The molecular weight excluding hydrogens is 458 g/mol. The number of anilines is 1. The van der Waals surface area contributed by atoms with E-state index in [1.54, 1.807) is 0 Å². The van der Waals surface area contributed by atoms with E-state index in [2.05, 4.69) is 138 Å².